The normalized spacial score (nSPS) is 18.5. The lowest BCUT2D eigenvalue weighted by molar-refractivity contribution is -0.145. The van der Waals surface area contributed by atoms with Gasteiger partial charge in [0.15, 0.2) is 5.96 Å². The molecule has 0 aliphatic carbocycles. The van der Waals surface area contributed by atoms with E-state index in [9.17, 15) is 19.2 Å². The van der Waals surface area contributed by atoms with Crippen LogP contribution in [-0.2, 0) is 36.8 Å². The maximum absolute atomic E-state index is 14.2. The average Bonchev–Trinajstić information content (AvgIpc) is 3.14. The van der Waals surface area contributed by atoms with E-state index in [0.29, 0.717) is 29.9 Å². The summed E-state index contributed by atoms with van der Waals surface area (Å²) in [6.45, 7) is 1.52. The summed E-state index contributed by atoms with van der Waals surface area (Å²) in [5.74, 6) is -1.28. The summed E-state index contributed by atoms with van der Waals surface area (Å²) in [5, 5.41) is 12.0. The monoisotopic (exact) mass is 722 g/mol. The summed E-state index contributed by atoms with van der Waals surface area (Å²) in [7, 11) is 4.44. The fourth-order valence-corrected chi connectivity index (χ4v) is 6.83. The van der Waals surface area contributed by atoms with Gasteiger partial charge >= 0.3 is 5.97 Å². The first kappa shape index (κ1) is 38.1. The summed E-state index contributed by atoms with van der Waals surface area (Å²) < 4.78 is 17.4. The largest absolute Gasteiger partial charge is 0.496 e. The molecule has 0 fully saturated rings. The molecular formula is C40H46N6O7. The molecule has 7 N–H and O–H groups in total. The van der Waals surface area contributed by atoms with E-state index in [1.807, 2.05) is 60.7 Å². The first-order chi connectivity index (χ1) is 25.6. The Morgan fingerprint density at radius 2 is 1.45 bits per heavy atom. The predicted molar refractivity (Wildman–Crippen MR) is 205 cm³/mol. The Morgan fingerprint density at radius 3 is 2.04 bits per heavy atom. The number of nitrogens with one attached hydrogen (secondary N) is 3. The van der Waals surface area contributed by atoms with Crippen LogP contribution in [0.25, 0.3) is 32.7 Å². The molecule has 3 amide bonds. The standard InChI is InChI=1S/C40H46N6O7/c1-23(47)44-32-22-27-21-25-13-6-9-16-29(25)34(36(27)52-3)33-28-15-8-5-12-24(28)20-26(35(33)51-2)14-7-10-17-31(39(50)53-4)46-37(48)30(45-38(32)49)18-11-19-43-40(41)42/h5-10,12-13,15-16,20-21,30-32H,11,14,17-19,22H2,1-4H3,(H,44,47)(H,45,49)(H,46,48)(H4,41,42,43)/b10-7+/t30-,31+,32?/m1/s1. The molecule has 1 unspecified atom stereocenters. The second-order valence-corrected chi connectivity index (χ2v) is 12.8. The van der Waals surface area contributed by atoms with E-state index in [2.05, 4.69) is 27.0 Å². The zero-order chi connectivity index (χ0) is 38.1. The van der Waals surface area contributed by atoms with Crippen molar-refractivity contribution in [2.75, 3.05) is 27.9 Å². The first-order valence-electron chi connectivity index (χ1n) is 17.4. The second kappa shape index (κ2) is 17.4. The highest BCUT2D eigenvalue weighted by atomic mass is 16.5. The molecule has 0 radical (unpaired) electrons. The van der Waals surface area contributed by atoms with E-state index >= 15 is 0 Å². The third-order valence-electron chi connectivity index (χ3n) is 9.19. The Kier molecular flexibility index (Phi) is 12.5. The van der Waals surface area contributed by atoms with Gasteiger partial charge in [-0.05, 0) is 70.5 Å². The number of esters is 1. The summed E-state index contributed by atoms with van der Waals surface area (Å²) >= 11 is 0. The number of benzene rings is 4. The van der Waals surface area contributed by atoms with Crippen molar-refractivity contribution in [1.82, 2.24) is 16.0 Å². The summed E-state index contributed by atoms with van der Waals surface area (Å²) in [6.07, 6.45) is 4.76. The smallest absolute Gasteiger partial charge is 0.328 e. The van der Waals surface area contributed by atoms with Crippen molar-refractivity contribution in [3.63, 3.8) is 0 Å². The van der Waals surface area contributed by atoms with Crippen LogP contribution in [0, 0.1) is 0 Å². The molecule has 13 nitrogen and oxygen atoms in total. The second-order valence-electron chi connectivity index (χ2n) is 12.8. The number of carbonyl (C=O) groups is 4. The van der Waals surface area contributed by atoms with Crippen molar-refractivity contribution in [2.45, 2.75) is 57.2 Å². The van der Waals surface area contributed by atoms with Gasteiger partial charge in [0.25, 0.3) is 0 Å². The van der Waals surface area contributed by atoms with Crippen molar-refractivity contribution in [3.05, 3.63) is 83.9 Å². The molecule has 1 aliphatic heterocycles. The molecule has 0 saturated carbocycles. The molecule has 278 valence electrons. The lowest BCUT2D eigenvalue weighted by Crippen LogP contribution is -2.56. The number of carbonyl (C=O) groups excluding carboxylic acids is 4. The fraction of sp³-hybridized carbons (Fsp3) is 0.325. The topological polar surface area (TPSA) is 196 Å². The van der Waals surface area contributed by atoms with Gasteiger partial charge in [-0.15, -0.1) is 0 Å². The number of nitrogens with two attached hydrogens (primary N) is 2. The first-order valence-corrected chi connectivity index (χ1v) is 17.4. The Bertz CT molecular complexity index is 2070. The predicted octanol–water partition coefficient (Wildman–Crippen LogP) is 3.42. The van der Waals surface area contributed by atoms with Crippen LogP contribution in [0.4, 0.5) is 0 Å². The van der Waals surface area contributed by atoms with Gasteiger partial charge < -0.3 is 41.6 Å². The molecule has 13 heteroatoms. The number of aliphatic imine (C=N–C) groups is 1. The van der Waals surface area contributed by atoms with E-state index in [-0.39, 0.29) is 31.8 Å². The molecule has 1 heterocycles. The number of hydrogen-bond donors (Lipinski definition) is 5. The van der Waals surface area contributed by atoms with Crippen LogP contribution >= 0.6 is 0 Å². The number of methoxy groups -OCH3 is 3. The highest BCUT2D eigenvalue weighted by molar-refractivity contribution is 6.11. The molecule has 0 aromatic heterocycles. The number of nitrogens with zero attached hydrogens (tertiary/aromatic N) is 1. The van der Waals surface area contributed by atoms with Crippen LogP contribution < -0.4 is 36.9 Å². The van der Waals surface area contributed by atoms with Gasteiger partial charge in [0.05, 0.1) is 21.3 Å². The van der Waals surface area contributed by atoms with Crippen LogP contribution in [0.1, 0.15) is 37.3 Å². The maximum atomic E-state index is 14.2. The van der Waals surface area contributed by atoms with E-state index in [0.717, 1.165) is 38.2 Å². The Morgan fingerprint density at radius 1 is 0.849 bits per heavy atom. The van der Waals surface area contributed by atoms with Gasteiger partial charge in [0.1, 0.15) is 29.6 Å². The lowest BCUT2D eigenvalue weighted by atomic mass is 9.87. The molecule has 5 rings (SSSR count). The third kappa shape index (κ3) is 8.86. The maximum Gasteiger partial charge on any atom is 0.328 e. The quantitative estimate of drug-likeness (QED) is 0.0595. The number of ether oxygens (including phenoxy) is 3. The van der Waals surface area contributed by atoms with Crippen molar-refractivity contribution < 1.29 is 33.4 Å². The molecule has 4 bridgehead atoms. The number of rotatable bonds is 8. The van der Waals surface area contributed by atoms with Gasteiger partial charge in [0.2, 0.25) is 17.7 Å². The summed E-state index contributed by atoms with van der Waals surface area (Å²) in [6, 6.07) is 16.6. The van der Waals surface area contributed by atoms with Gasteiger partial charge in [-0.1, -0.05) is 60.7 Å². The minimum atomic E-state index is -1.12. The van der Waals surface area contributed by atoms with Crippen molar-refractivity contribution in [3.8, 4) is 22.6 Å². The summed E-state index contributed by atoms with van der Waals surface area (Å²) in [4.78, 5) is 57.4. The molecule has 1 aliphatic rings. The number of fused-ring (bicyclic) bond motifs is 9. The van der Waals surface area contributed by atoms with Crippen LogP contribution in [0.2, 0.25) is 0 Å². The van der Waals surface area contributed by atoms with E-state index in [4.69, 9.17) is 25.7 Å². The Labute approximate surface area is 308 Å². The molecule has 4 aromatic carbocycles. The lowest BCUT2D eigenvalue weighted by Gasteiger charge is -2.26. The number of amides is 3. The van der Waals surface area contributed by atoms with Crippen molar-refractivity contribution >= 4 is 51.2 Å². The molecule has 4 aromatic rings. The van der Waals surface area contributed by atoms with E-state index in [1.54, 1.807) is 20.3 Å². The number of allylic oxidation sites excluding steroid dienone is 1. The zero-order valence-electron chi connectivity index (χ0n) is 30.4. The minimum absolute atomic E-state index is 0.0161. The van der Waals surface area contributed by atoms with Crippen LogP contribution in [-0.4, -0.2) is 75.7 Å². The van der Waals surface area contributed by atoms with Gasteiger partial charge in [-0.25, -0.2) is 4.79 Å². The Balaban J connectivity index is 1.75. The Hall–Kier alpha value is -6.11. The van der Waals surface area contributed by atoms with Gasteiger partial charge in [-0.3, -0.25) is 19.4 Å². The highest BCUT2D eigenvalue weighted by Gasteiger charge is 2.31. The van der Waals surface area contributed by atoms with Crippen LogP contribution in [0.15, 0.2) is 77.8 Å². The number of guanidine groups is 1. The van der Waals surface area contributed by atoms with E-state index in [1.165, 1.54) is 14.0 Å². The van der Waals surface area contributed by atoms with Gasteiger partial charge in [-0.2, -0.15) is 0 Å². The third-order valence-corrected chi connectivity index (χ3v) is 9.19. The van der Waals surface area contributed by atoms with Gasteiger partial charge in [0, 0.05) is 31.0 Å². The molecule has 3 atom stereocenters. The number of hydrogen-bond acceptors (Lipinski definition) is 8. The minimum Gasteiger partial charge on any atom is -0.496 e. The van der Waals surface area contributed by atoms with Crippen LogP contribution in [0.3, 0.4) is 0 Å². The van der Waals surface area contributed by atoms with E-state index < -0.39 is 41.8 Å². The van der Waals surface area contributed by atoms with Crippen LogP contribution in [0.5, 0.6) is 11.5 Å². The highest BCUT2D eigenvalue weighted by Crippen LogP contribution is 2.48. The zero-order valence-corrected chi connectivity index (χ0v) is 30.4. The SMILES string of the molecule is COC(=O)[C@@H]1C/C=C/Cc2cc3ccccc3c(c2OC)-c2c(OC)c(cc3ccccc23)CC(NC(C)=O)C(=O)N[C@H](CCCN=C(N)N)C(=O)N1. The molecule has 0 saturated heterocycles. The summed E-state index contributed by atoms with van der Waals surface area (Å²) in [5.41, 5.74) is 14.1. The fourth-order valence-electron chi connectivity index (χ4n) is 6.83. The van der Waals surface area contributed by atoms with Crippen molar-refractivity contribution in [2.24, 2.45) is 16.5 Å². The molecule has 0 spiro atoms. The molecule has 53 heavy (non-hydrogen) atoms. The molecular weight excluding hydrogens is 676 g/mol. The average molecular weight is 723 g/mol. The van der Waals surface area contributed by atoms with Crippen molar-refractivity contribution in [1.29, 1.82) is 0 Å².